The quantitative estimate of drug-likeness (QED) is 0.868. The van der Waals surface area contributed by atoms with E-state index in [9.17, 15) is 0 Å². The van der Waals surface area contributed by atoms with Gasteiger partial charge in [0.05, 0.1) is 0 Å². The van der Waals surface area contributed by atoms with Crippen molar-refractivity contribution in [3.63, 3.8) is 0 Å². The van der Waals surface area contributed by atoms with Gasteiger partial charge in [0, 0.05) is 25.0 Å². The molecule has 1 saturated heterocycles. The average molecular weight is 248 g/mol. The molecule has 18 heavy (non-hydrogen) atoms. The maximum Gasteiger partial charge on any atom is 0.222 e. The zero-order valence-corrected chi connectivity index (χ0v) is 11.5. The highest BCUT2D eigenvalue weighted by Crippen LogP contribution is 2.14. The molecule has 1 aliphatic rings. The fraction of sp³-hybridized carbons (Fsp3) is 0.714. The largest absolute Gasteiger partial charge is 0.350 e. The molecule has 100 valence electrons. The van der Waals surface area contributed by atoms with Crippen LogP contribution in [0, 0.1) is 0 Å². The Morgan fingerprint density at radius 1 is 1.33 bits per heavy atom. The fourth-order valence-corrected chi connectivity index (χ4v) is 2.49. The highest BCUT2D eigenvalue weighted by atomic mass is 15.2. The van der Waals surface area contributed by atoms with Gasteiger partial charge in [-0.25, -0.2) is 9.97 Å². The van der Waals surface area contributed by atoms with Gasteiger partial charge in [-0.05, 0) is 44.3 Å². The summed E-state index contributed by atoms with van der Waals surface area (Å²) in [6.07, 6.45) is 8.55. The Hall–Kier alpha value is -1.16. The molecule has 1 fully saturated rings. The Bertz CT molecular complexity index is 347. The van der Waals surface area contributed by atoms with E-state index in [1.165, 1.54) is 37.9 Å². The summed E-state index contributed by atoms with van der Waals surface area (Å²) in [5.74, 6) is 0.774. The van der Waals surface area contributed by atoms with Crippen molar-refractivity contribution in [1.82, 2.24) is 14.9 Å². The van der Waals surface area contributed by atoms with Crippen LogP contribution in [0.2, 0.25) is 0 Å². The Morgan fingerprint density at radius 3 is 2.78 bits per heavy atom. The van der Waals surface area contributed by atoms with Gasteiger partial charge in [-0.2, -0.15) is 0 Å². The average Bonchev–Trinajstić information content (AvgIpc) is 2.40. The first kappa shape index (κ1) is 13.3. The summed E-state index contributed by atoms with van der Waals surface area (Å²) in [6.45, 7) is 7.92. The molecule has 1 N–H and O–H groups in total. The maximum absolute atomic E-state index is 4.37. The number of aromatic nitrogens is 2. The van der Waals surface area contributed by atoms with Crippen LogP contribution in [0.25, 0.3) is 0 Å². The van der Waals surface area contributed by atoms with E-state index in [0.29, 0.717) is 6.04 Å². The Morgan fingerprint density at radius 2 is 2.11 bits per heavy atom. The summed E-state index contributed by atoms with van der Waals surface area (Å²) in [7, 11) is 0. The number of hydrogen-bond acceptors (Lipinski definition) is 4. The van der Waals surface area contributed by atoms with Gasteiger partial charge in [0.25, 0.3) is 0 Å². The number of rotatable bonds is 5. The molecule has 0 saturated carbocycles. The Labute approximate surface area is 110 Å². The van der Waals surface area contributed by atoms with Crippen LogP contribution in [-0.4, -0.2) is 40.5 Å². The van der Waals surface area contributed by atoms with Crippen LogP contribution in [0.5, 0.6) is 0 Å². The molecule has 4 heteroatoms. The van der Waals surface area contributed by atoms with E-state index >= 15 is 0 Å². The second-order valence-corrected chi connectivity index (χ2v) is 5.05. The van der Waals surface area contributed by atoms with Crippen molar-refractivity contribution in [3.8, 4) is 0 Å². The lowest BCUT2D eigenvalue weighted by Crippen LogP contribution is -2.42. The molecule has 0 aliphatic carbocycles. The zero-order chi connectivity index (χ0) is 12.8. The predicted molar refractivity (Wildman–Crippen MR) is 74.8 cm³/mol. The van der Waals surface area contributed by atoms with E-state index in [-0.39, 0.29) is 0 Å². The molecule has 0 spiro atoms. The summed E-state index contributed by atoms with van der Waals surface area (Å²) in [6, 6.07) is 0.498. The minimum absolute atomic E-state index is 0.498. The second kappa shape index (κ2) is 6.69. The van der Waals surface area contributed by atoms with Crippen LogP contribution >= 0.6 is 0 Å². The highest BCUT2D eigenvalue weighted by Gasteiger charge is 2.19. The van der Waals surface area contributed by atoms with Crippen molar-refractivity contribution in [2.75, 3.05) is 25.0 Å². The van der Waals surface area contributed by atoms with Gasteiger partial charge in [-0.1, -0.05) is 13.8 Å². The van der Waals surface area contributed by atoms with Gasteiger partial charge in [-0.15, -0.1) is 0 Å². The van der Waals surface area contributed by atoms with Crippen molar-refractivity contribution in [3.05, 3.63) is 18.0 Å². The molecule has 0 bridgehead atoms. The van der Waals surface area contributed by atoms with Crippen molar-refractivity contribution in [2.24, 2.45) is 0 Å². The van der Waals surface area contributed by atoms with Crippen molar-refractivity contribution in [1.29, 1.82) is 0 Å². The van der Waals surface area contributed by atoms with Crippen molar-refractivity contribution < 1.29 is 0 Å². The number of nitrogens with one attached hydrogen (secondary N) is 1. The monoisotopic (exact) mass is 248 g/mol. The molecular weight excluding hydrogens is 224 g/mol. The van der Waals surface area contributed by atoms with E-state index in [4.69, 9.17) is 0 Å². The number of nitrogens with zero attached hydrogens (tertiary/aromatic N) is 3. The van der Waals surface area contributed by atoms with E-state index < -0.39 is 0 Å². The van der Waals surface area contributed by atoms with Crippen LogP contribution in [-0.2, 0) is 6.42 Å². The third-order valence-corrected chi connectivity index (χ3v) is 3.49. The first-order valence-corrected chi connectivity index (χ1v) is 7.11. The van der Waals surface area contributed by atoms with E-state index in [0.717, 1.165) is 18.9 Å². The molecule has 1 aromatic heterocycles. The summed E-state index contributed by atoms with van der Waals surface area (Å²) in [4.78, 5) is 11.3. The second-order valence-electron chi connectivity index (χ2n) is 5.05. The molecule has 1 aromatic rings. The van der Waals surface area contributed by atoms with Crippen LogP contribution < -0.4 is 5.32 Å². The lowest BCUT2D eigenvalue weighted by atomic mass is 10.1. The molecule has 2 heterocycles. The molecule has 0 radical (unpaired) electrons. The molecule has 0 aromatic carbocycles. The van der Waals surface area contributed by atoms with Crippen LogP contribution in [0.1, 0.15) is 38.7 Å². The molecule has 1 atom stereocenters. The van der Waals surface area contributed by atoms with Gasteiger partial charge < -0.3 is 10.2 Å². The van der Waals surface area contributed by atoms with Crippen LogP contribution in [0.15, 0.2) is 12.4 Å². The first-order valence-electron chi connectivity index (χ1n) is 7.11. The normalized spacial score (nSPS) is 20.9. The predicted octanol–water partition coefficient (Wildman–Crippen LogP) is 2.33. The van der Waals surface area contributed by atoms with Gasteiger partial charge in [-0.3, -0.25) is 0 Å². The van der Waals surface area contributed by atoms with Gasteiger partial charge in [0.15, 0.2) is 0 Å². The highest BCUT2D eigenvalue weighted by molar-refractivity contribution is 5.26. The minimum Gasteiger partial charge on any atom is -0.350 e. The van der Waals surface area contributed by atoms with Gasteiger partial charge >= 0.3 is 0 Å². The van der Waals surface area contributed by atoms with Gasteiger partial charge in [0.1, 0.15) is 0 Å². The zero-order valence-electron chi connectivity index (χ0n) is 11.5. The van der Waals surface area contributed by atoms with Gasteiger partial charge in [0.2, 0.25) is 5.95 Å². The topological polar surface area (TPSA) is 41.0 Å². The van der Waals surface area contributed by atoms with Crippen LogP contribution in [0.3, 0.4) is 0 Å². The number of piperidine rings is 1. The summed E-state index contributed by atoms with van der Waals surface area (Å²) >= 11 is 0. The lowest BCUT2D eigenvalue weighted by molar-refractivity contribution is 0.216. The standard InChI is InChI=1S/C14H24N4/c1-3-7-18-8-5-6-13(11-18)17-14-15-9-12(4-2)10-16-14/h9-10,13H,3-8,11H2,1-2H3,(H,15,16,17)/t13-/m1/s1. The minimum atomic E-state index is 0.498. The molecular formula is C14H24N4. The maximum atomic E-state index is 4.37. The summed E-state index contributed by atoms with van der Waals surface area (Å²) < 4.78 is 0. The third kappa shape index (κ3) is 3.67. The van der Waals surface area contributed by atoms with Crippen LogP contribution in [0.4, 0.5) is 5.95 Å². The van der Waals surface area contributed by atoms with Crippen molar-refractivity contribution in [2.45, 2.75) is 45.6 Å². The number of anilines is 1. The summed E-state index contributed by atoms with van der Waals surface area (Å²) in [5.41, 5.74) is 1.19. The SMILES string of the molecule is CCCN1CCC[C@@H](Nc2ncc(CC)cn2)C1. The van der Waals surface area contributed by atoms with E-state index in [2.05, 4.69) is 34.0 Å². The smallest absolute Gasteiger partial charge is 0.222 e. The number of aryl methyl sites for hydroxylation is 1. The molecule has 0 unspecified atom stereocenters. The Balaban J connectivity index is 1.87. The van der Waals surface area contributed by atoms with E-state index in [1.54, 1.807) is 0 Å². The third-order valence-electron chi connectivity index (χ3n) is 3.49. The number of hydrogen-bond donors (Lipinski definition) is 1. The molecule has 2 rings (SSSR count). The fourth-order valence-electron chi connectivity index (χ4n) is 2.49. The molecule has 4 nitrogen and oxygen atoms in total. The number of likely N-dealkylation sites (tertiary alicyclic amines) is 1. The van der Waals surface area contributed by atoms with Crippen molar-refractivity contribution >= 4 is 5.95 Å². The molecule has 1 aliphatic heterocycles. The van der Waals surface area contributed by atoms with E-state index in [1.807, 2.05) is 12.4 Å². The first-order chi connectivity index (χ1) is 8.81. The summed E-state index contributed by atoms with van der Waals surface area (Å²) in [5, 5.41) is 3.46. The lowest BCUT2D eigenvalue weighted by Gasteiger charge is -2.32. The molecule has 0 amide bonds. The Kier molecular flexibility index (Phi) is 4.93.